The van der Waals surface area contributed by atoms with Crippen LogP contribution < -0.4 is 12.4 Å². The van der Waals surface area contributed by atoms with Crippen LogP contribution in [0, 0.1) is 18.8 Å². The molecular weight excluding hydrogens is 180 g/mol. The first-order valence-electron chi connectivity index (χ1n) is 4.16. The number of hydrogen-bond donors (Lipinski definition) is 0. The molecule has 0 atom stereocenters. The van der Waals surface area contributed by atoms with Gasteiger partial charge in [-0.3, -0.25) is 0 Å². The second-order valence-electron chi connectivity index (χ2n) is 2.37. The van der Waals surface area contributed by atoms with Gasteiger partial charge in [-0.2, -0.15) is 6.42 Å². The summed E-state index contributed by atoms with van der Waals surface area (Å²) in [6.07, 6.45) is 6.95. The van der Waals surface area contributed by atoms with Crippen molar-refractivity contribution in [3.8, 4) is 11.8 Å². The van der Waals surface area contributed by atoms with Gasteiger partial charge in [0, 0.05) is 12.8 Å². The maximum Gasteiger partial charge on any atom is 2.00 e. The molecule has 0 unspecified atom stereocenters. The van der Waals surface area contributed by atoms with Gasteiger partial charge in [0.25, 0.3) is 0 Å². The van der Waals surface area contributed by atoms with E-state index in [0.29, 0.717) is 0 Å². The molecule has 0 aliphatic rings. The van der Waals surface area contributed by atoms with Crippen molar-refractivity contribution in [2.24, 2.45) is 0 Å². The van der Waals surface area contributed by atoms with Gasteiger partial charge in [0.05, 0.1) is 0 Å². The maximum atomic E-state index is 3.78. The summed E-state index contributed by atoms with van der Waals surface area (Å²) < 4.78 is 0. The molecule has 0 bridgehead atoms. The standard InChI is InChI=1S/C10H17.ClH.Mg/c1-3-5-7-9-10-8-6-4-2;;/h1,3-5,7,9-10H2,2H3;1H;/q-1;;+2/p-1. The Morgan fingerprint density at radius 1 is 1.08 bits per heavy atom. The first-order valence-corrected chi connectivity index (χ1v) is 4.16. The molecule has 0 saturated heterocycles. The predicted molar refractivity (Wildman–Crippen MR) is 52.3 cm³/mol. The summed E-state index contributed by atoms with van der Waals surface area (Å²) in [4.78, 5) is 0. The minimum Gasteiger partial charge on any atom is -1.00 e. The average Bonchev–Trinajstić information content (AvgIpc) is 1.97. The molecule has 66 valence electrons. The van der Waals surface area contributed by atoms with Gasteiger partial charge < -0.3 is 19.3 Å². The zero-order chi connectivity index (χ0) is 7.66. The van der Waals surface area contributed by atoms with Crippen LogP contribution in [0.1, 0.15) is 45.4 Å². The van der Waals surface area contributed by atoms with E-state index in [4.69, 9.17) is 0 Å². The van der Waals surface area contributed by atoms with Gasteiger partial charge >= 0.3 is 23.1 Å². The van der Waals surface area contributed by atoms with E-state index >= 15 is 0 Å². The van der Waals surface area contributed by atoms with Crippen LogP contribution in [0.3, 0.4) is 0 Å². The van der Waals surface area contributed by atoms with Crippen molar-refractivity contribution >= 4 is 23.1 Å². The molecule has 0 aromatic rings. The van der Waals surface area contributed by atoms with Crippen LogP contribution in [0.2, 0.25) is 0 Å². The summed E-state index contributed by atoms with van der Waals surface area (Å²) in [5, 5.41) is 0. The van der Waals surface area contributed by atoms with Crippen LogP contribution in [-0.2, 0) is 0 Å². The van der Waals surface area contributed by atoms with Crippen molar-refractivity contribution in [2.75, 3.05) is 0 Å². The Morgan fingerprint density at radius 3 is 2.25 bits per heavy atom. The molecule has 0 heterocycles. The van der Waals surface area contributed by atoms with Crippen LogP contribution in [0.25, 0.3) is 0 Å². The van der Waals surface area contributed by atoms with Gasteiger partial charge in [0.15, 0.2) is 0 Å². The quantitative estimate of drug-likeness (QED) is 0.253. The van der Waals surface area contributed by atoms with Gasteiger partial charge in [-0.05, 0) is 6.42 Å². The Hall–Kier alpha value is 0.616. The SMILES string of the molecule is [CH2-]CCCCCC#CCC.[Cl-].[Mg+2]. The number of hydrogen-bond acceptors (Lipinski definition) is 0. The van der Waals surface area contributed by atoms with Crippen LogP contribution in [0.15, 0.2) is 0 Å². The molecule has 0 nitrogen and oxygen atoms in total. The second kappa shape index (κ2) is 17.6. The van der Waals surface area contributed by atoms with E-state index in [9.17, 15) is 0 Å². The summed E-state index contributed by atoms with van der Waals surface area (Å²) in [5.74, 6) is 6.18. The molecule has 0 rings (SSSR count). The van der Waals surface area contributed by atoms with Crippen LogP contribution in [-0.4, -0.2) is 23.1 Å². The Morgan fingerprint density at radius 2 is 1.75 bits per heavy atom. The molecule has 0 saturated carbocycles. The fourth-order valence-corrected chi connectivity index (χ4v) is 0.780. The van der Waals surface area contributed by atoms with Crippen LogP contribution >= 0.6 is 0 Å². The van der Waals surface area contributed by atoms with E-state index in [-0.39, 0.29) is 35.5 Å². The molecule has 12 heavy (non-hydrogen) atoms. The molecular formula is C10H17ClMg. The summed E-state index contributed by atoms with van der Waals surface area (Å²) in [6, 6.07) is 0. The summed E-state index contributed by atoms with van der Waals surface area (Å²) in [6.45, 7) is 5.87. The second-order valence-corrected chi connectivity index (χ2v) is 2.37. The van der Waals surface area contributed by atoms with Crippen LogP contribution in [0.4, 0.5) is 0 Å². The molecule has 0 radical (unpaired) electrons. The Labute approximate surface area is 99.4 Å². The van der Waals surface area contributed by atoms with E-state index in [2.05, 4.69) is 25.7 Å². The van der Waals surface area contributed by atoms with Crippen molar-refractivity contribution in [1.29, 1.82) is 0 Å². The maximum absolute atomic E-state index is 3.78. The molecule has 2 heteroatoms. The van der Waals surface area contributed by atoms with E-state index in [1.165, 1.54) is 19.3 Å². The average molecular weight is 197 g/mol. The Kier molecular flexibility index (Phi) is 27.1. The molecule has 0 spiro atoms. The fourth-order valence-electron chi connectivity index (χ4n) is 0.780. The van der Waals surface area contributed by atoms with E-state index in [1.54, 1.807) is 0 Å². The molecule has 0 aliphatic carbocycles. The zero-order valence-electron chi connectivity index (χ0n) is 8.03. The molecule has 0 N–H and O–H groups in total. The van der Waals surface area contributed by atoms with Crippen molar-refractivity contribution in [3.05, 3.63) is 6.92 Å². The topological polar surface area (TPSA) is 0 Å². The molecule has 0 fully saturated rings. The van der Waals surface area contributed by atoms with Gasteiger partial charge in [0.1, 0.15) is 0 Å². The number of halogens is 1. The van der Waals surface area contributed by atoms with E-state index < -0.39 is 0 Å². The smallest absolute Gasteiger partial charge is 1.00 e. The summed E-state index contributed by atoms with van der Waals surface area (Å²) in [7, 11) is 0. The third-order valence-corrected chi connectivity index (χ3v) is 1.35. The first kappa shape index (κ1) is 18.4. The third kappa shape index (κ3) is 16.9. The summed E-state index contributed by atoms with van der Waals surface area (Å²) in [5.41, 5.74) is 0. The molecule has 0 aliphatic heterocycles. The predicted octanol–water partition coefficient (Wildman–Crippen LogP) is -0.192. The van der Waals surface area contributed by atoms with Gasteiger partial charge in [-0.1, -0.05) is 19.8 Å². The molecule has 0 amide bonds. The van der Waals surface area contributed by atoms with Gasteiger partial charge in [0.2, 0.25) is 0 Å². The number of unbranched alkanes of at least 4 members (excludes halogenated alkanes) is 4. The number of rotatable bonds is 4. The van der Waals surface area contributed by atoms with Crippen molar-refractivity contribution in [2.45, 2.75) is 45.4 Å². The molecule has 0 aromatic carbocycles. The van der Waals surface area contributed by atoms with Crippen molar-refractivity contribution in [1.82, 2.24) is 0 Å². The summed E-state index contributed by atoms with van der Waals surface area (Å²) >= 11 is 0. The van der Waals surface area contributed by atoms with Crippen LogP contribution in [0.5, 0.6) is 0 Å². The molecule has 0 aromatic heterocycles. The monoisotopic (exact) mass is 196 g/mol. The first-order chi connectivity index (χ1) is 4.91. The third-order valence-electron chi connectivity index (χ3n) is 1.35. The normalized spacial score (nSPS) is 7.17. The fraction of sp³-hybridized carbons (Fsp3) is 0.700. The van der Waals surface area contributed by atoms with E-state index in [0.717, 1.165) is 19.3 Å². The van der Waals surface area contributed by atoms with E-state index in [1.807, 2.05) is 0 Å². The minimum absolute atomic E-state index is 0. The van der Waals surface area contributed by atoms with Gasteiger partial charge in [-0.15, -0.1) is 11.8 Å². The van der Waals surface area contributed by atoms with Crippen molar-refractivity contribution < 1.29 is 12.4 Å². The largest absolute Gasteiger partial charge is 2.00 e. The Balaban J connectivity index is -0.000000405. The zero-order valence-corrected chi connectivity index (χ0v) is 10.2. The van der Waals surface area contributed by atoms with Gasteiger partial charge in [-0.25, -0.2) is 0 Å². The Bertz CT molecular complexity index is 113. The van der Waals surface area contributed by atoms with Crippen molar-refractivity contribution in [3.63, 3.8) is 0 Å². The minimum atomic E-state index is 0.